The van der Waals surface area contributed by atoms with Crippen molar-refractivity contribution in [3.63, 3.8) is 0 Å². The summed E-state index contributed by atoms with van der Waals surface area (Å²) < 4.78 is 22.4. The standard InChI is InChI=1S/C29H36ClFN8O2/c1-17(33)3-2-4-19-11-23(26(31)24(30)12-19)25-13-20-15-39(29(40)38-27(20)37-25)21-7-5-18(6-8-21)16-41-22(14-32)9-10-36-28(34)35/h5-8,11-13,15,17,22H,2-4,9-10,14,16,32-33H2,1H3,(H4,34,35,36)(H,37,38,40)/t17-,22+/m0/s1. The van der Waals surface area contributed by atoms with Crippen LogP contribution in [0.2, 0.25) is 5.02 Å². The molecule has 9 N–H and O–H groups in total. The van der Waals surface area contributed by atoms with Gasteiger partial charge in [0, 0.05) is 36.3 Å². The number of aryl methyl sites for hydroxylation is 1. The number of nitrogens with zero attached hydrogens (tertiary/aromatic N) is 2. The van der Waals surface area contributed by atoms with E-state index in [9.17, 15) is 4.79 Å². The molecule has 2 aromatic heterocycles. The average Bonchev–Trinajstić information content (AvgIpc) is 3.34. The zero-order valence-corrected chi connectivity index (χ0v) is 23.7. The molecule has 2 heterocycles. The van der Waals surface area contributed by atoms with E-state index in [0.717, 1.165) is 30.4 Å². The highest BCUT2D eigenvalue weighted by atomic mass is 35.5. The van der Waals surface area contributed by atoms with Gasteiger partial charge in [0.15, 0.2) is 11.8 Å². The summed E-state index contributed by atoms with van der Waals surface area (Å²) in [5.41, 5.74) is 20.1. The highest BCUT2D eigenvalue weighted by Gasteiger charge is 2.16. The number of nitrogens with one attached hydrogen (secondary N) is 3. The maximum atomic E-state index is 15.0. The van der Waals surface area contributed by atoms with Gasteiger partial charge in [0.25, 0.3) is 0 Å². The summed E-state index contributed by atoms with van der Waals surface area (Å²) in [6, 6.07) is 12.6. The number of rotatable bonds is 13. The van der Waals surface area contributed by atoms with Crippen molar-refractivity contribution in [1.29, 1.82) is 5.41 Å². The summed E-state index contributed by atoms with van der Waals surface area (Å²) in [6.45, 7) is 3.13. The first-order valence-electron chi connectivity index (χ1n) is 13.5. The van der Waals surface area contributed by atoms with Gasteiger partial charge in [-0.2, -0.15) is 4.98 Å². The highest BCUT2D eigenvalue weighted by Crippen LogP contribution is 2.31. The molecule has 0 unspecified atom stereocenters. The molecule has 12 heteroatoms. The number of benzene rings is 2. The van der Waals surface area contributed by atoms with Gasteiger partial charge in [-0.1, -0.05) is 23.7 Å². The van der Waals surface area contributed by atoms with Crippen molar-refractivity contribution in [2.24, 2.45) is 17.2 Å². The van der Waals surface area contributed by atoms with Crippen LogP contribution in [0.25, 0.3) is 28.0 Å². The summed E-state index contributed by atoms with van der Waals surface area (Å²) in [5, 5.41) is 10.6. The molecule has 0 aliphatic carbocycles. The molecule has 0 fully saturated rings. The van der Waals surface area contributed by atoms with Crippen molar-refractivity contribution in [3.8, 4) is 16.9 Å². The smallest absolute Gasteiger partial charge is 0.354 e. The molecule has 0 aliphatic rings. The number of H-pyrrole nitrogens is 1. The molecule has 2 atom stereocenters. The Kier molecular flexibility index (Phi) is 10.1. The first-order valence-corrected chi connectivity index (χ1v) is 13.9. The number of nitrogens with two attached hydrogens (primary N) is 3. The number of aromatic nitrogens is 3. The van der Waals surface area contributed by atoms with Gasteiger partial charge in [-0.25, -0.2) is 9.18 Å². The van der Waals surface area contributed by atoms with E-state index < -0.39 is 11.5 Å². The van der Waals surface area contributed by atoms with Gasteiger partial charge in [-0.15, -0.1) is 0 Å². The van der Waals surface area contributed by atoms with E-state index in [1.165, 1.54) is 4.57 Å². The fraction of sp³-hybridized carbons (Fsp3) is 0.345. The molecule has 218 valence electrons. The minimum absolute atomic E-state index is 0.0408. The van der Waals surface area contributed by atoms with Gasteiger partial charge in [0.05, 0.1) is 29.1 Å². The number of guanidine groups is 1. The van der Waals surface area contributed by atoms with E-state index in [1.807, 2.05) is 19.1 Å². The molecule has 41 heavy (non-hydrogen) atoms. The summed E-state index contributed by atoms with van der Waals surface area (Å²) in [5.74, 6) is -0.626. The lowest BCUT2D eigenvalue weighted by molar-refractivity contribution is 0.0418. The molecule has 4 aromatic rings. The predicted molar refractivity (Wildman–Crippen MR) is 161 cm³/mol. The van der Waals surface area contributed by atoms with Crippen LogP contribution in [-0.2, 0) is 17.8 Å². The van der Waals surface area contributed by atoms with E-state index in [2.05, 4.69) is 15.3 Å². The molecule has 0 bridgehead atoms. The van der Waals surface area contributed by atoms with E-state index >= 15 is 4.39 Å². The third-order valence-corrected chi connectivity index (χ3v) is 7.03. The van der Waals surface area contributed by atoms with Crippen LogP contribution in [0.1, 0.15) is 37.3 Å². The van der Waals surface area contributed by atoms with Gasteiger partial charge in [0.2, 0.25) is 0 Å². The molecule has 0 saturated heterocycles. The monoisotopic (exact) mass is 582 g/mol. The van der Waals surface area contributed by atoms with Gasteiger partial charge in [0.1, 0.15) is 5.65 Å². The number of hydrogen-bond donors (Lipinski definition) is 6. The summed E-state index contributed by atoms with van der Waals surface area (Å²) in [4.78, 5) is 20.1. The fourth-order valence-corrected chi connectivity index (χ4v) is 4.78. The van der Waals surface area contributed by atoms with Crippen molar-refractivity contribution < 1.29 is 9.13 Å². The lowest BCUT2D eigenvalue weighted by Gasteiger charge is -2.16. The van der Waals surface area contributed by atoms with Gasteiger partial charge in [-0.05, 0) is 74.1 Å². The van der Waals surface area contributed by atoms with Crippen LogP contribution in [0.3, 0.4) is 0 Å². The summed E-state index contributed by atoms with van der Waals surface area (Å²) >= 11 is 6.22. The van der Waals surface area contributed by atoms with Crippen LogP contribution in [0.5, 0.6) is 0 Å². The van der Waals surface area contributed by atoms with Crippen LogP contribution in [0.4, 0.5) is 4.39 Å². The molecule has 0 spiro atoms. The average molecular weight is 583 g/mol. The molecule has 0 saturated carbocycles. The van der Waals surface area contributed by atoms with Crippen LogP contribution in [-0.4, -0.2) is 45.7 Å². The van der Waals surface area contributed by atoms with Crippen molar-refractivity contribution in [1.82, 2.24) is 19.9 Å². The third-order valence-electron chi connectivity index (χ3n) is 6.76. The summed E-state index contributed by atoms with van der Waals surface area (Å²) in [7, 11) is 0. The van der Waals surface area contributed by atoms with Crippen molar-refractivity contribution in [2.45, 2.75) is 51.4 Å². The second-order valence-electron chi connectivity index (χ2n) is 10.2. The Balaban J connectivity index is 1.51. The van der Waals surface area contributed by atoms with Crippen molar-refractivity contribution in [2.75, 3.05) is 13.1 Å². The first-order chi connectivity index (χ1) is 19.6. The maximum Gasteiger partial charge on any atom is 0.354 e. The van der Waals surface area contributed by atoms with E-state index in [4.69, 9.17) is 38.9 Å². The Morgan fingerprint density at radius 2 is 1.98 bits per heavy atom. The lowest BCUT2D eigenvalue weighted by atomic mass is 10.0. The molecular formula is C29H36ClFN8O2. The zero-order valence-electron chi connectivity index (χ0n) is 22.9. The van der Waals surface area contributed by atoms with Gasteiger partial charge >= 0.3 is 5.69 Å². The second kappa shape index (κ2) is 13.7. The van der Waals surface area contributed by atoms with E-state index in [1.54, 1.807) is 36.5 Å². The fourth-order valence-electron chi connectivity index (χ4n) is 4.54. The zero-order chi connectivity index (χ0) is 29.5. The van der Waals surface area contributed by atoms with Crippen LogP contribution in [0, 0.1) is 11.2 Å². The topological polar surface area (TPSA) is 174 Å². The number of hydrogen-bond acceptors (Lipinski definition) is 6. The van der Waals surface area contributed by atoms with Gasteiger partial charge in [-0.3, -0.25) is 9.98 Å². The minimum atomic E-state index is -0.533. The third kappa shape index (κ3) is 7.92. The van der Waals surface area contributed by atoms with Crippen LogP contribution in [0.15, 0.2) is 53.5 Å². The molecule has 4 rings (SSSR count). The van der Waals surface area contributed by atoms with E-state index in [-0.39, 0.29) is 23.1 Å². The summed E-state index contributed by atoms with van der Waals surface area (Å²) in [6.07, 6.45) is 4.55. The Hall–Kier alpha value is -3.77. The van der Waals surface area contributed by atoms with Crippen LogP contribution < -0.4 is 28.2 Å². The Labute approximate surface area is 242 Å². The highest BCUT2D eigenvalue weighted by molar-refractivity contribution is 6.31. The quantitative estimate of drug-likeness (QED) is 0.103. The molecule has 0 amide bonds. The molecule has 0 aliphatic heterocycles. The molecular weight excluding hydrogens is 547 g/mol. The Morgan fingerprint density at radius 1 is 1.22 bits per heavy atom. The number of fused-ring (bicyclic) bond motifs is 1. The Bertz CT molecular complexity index is 1550. The minimum Gasteiger partial charge on any atom is -0.372 e. The number of halogens is 2. The SMILES string of the molecule is C[C@H](N)CCCc1cc(Cl)c(F)c(-c2cc3cn(-c4ccc(CO[C@@H](CN)CCNC(=N)N)cc4)c(=O)nc3[nH]2)c1. The molecule has 2 aromatic carbocycles. The number of ether oxygens (including phenoxy) is 1. The van der Waals surface area contributed by atoms with Crippen molar-refractivity contribution >= 4 is 28.6 Å². The maximum absolute atomic E-state index is 15.0. The largest absolute Gasteiger partial charge is 0.372 e. The van der Waals surface area contributed by atoms with Crippen LogP contribution >= 0.6 is 11.6 Å². The predicted octanol–water partition coefficient (Wildman–Crippen LogP) is 3.56. The molecule has 10 nitrogen and oxygen atoms in total. The Morgan fingerprint density at radius 3 is 2.66 bits per heavy atom. The van der Waals surface area contributed by atoms with E-state index in [0.29, 0.717) is 54.1 Å². The van der Waals surface area contributed by atoms with Gasteiger partial charge < -0.3 is 32.2 Å². The normalized spacial score (nSPS) is 12.9. The first kappa shape index (κ1) is 30.2. The second-order valence-corrected chi connectivity index (χ2v) is 10.6. The van der Waals surface area contributed by atoms with Crippen molar-refractivity contribution in [3.05, 3.63) is 81.1 Å². The molecule has 0 radical (unpaired) electrons. The number of aromatic amines is 1. The lowest BCUT2D eigenvalue weighted by Crippen LogP contribution is -2.34.